The van der Waals surface area contributed by atoms with Gasteiger partial charge in [0.15, 0.2) is 15.7 Å². The van der Waals surface area contributed by atoms with Crippen molar-refractivity contribution in [3.8, 4) is 0 Å². The third kappa shape index (κ3) is 3.50. The first-order valence-electron chi connectivity index (χ1n) is 5.91. The van der Waals surface area contributed by atoms with Gasteiger partial charge >= 0.3 is 0 Å². The summed E-state index contributed by atoms with van der Waals surface area (Å²) >= 11 is 0. The van der Waals surface area contributed by atoms with E-state index in [2.05, 4.69) is 20.4 Å². The number of aromatic nitrogens is 2. The van der Waals surface area contributed by atoms with Gasteiger partial charge in [-0.05, 0) is 6.92 Å². The van der Waals surface area contributed by atoms with Crippen LogP contribution in [0.25, 0.3) is 0 Å². The monoisotopic (exact) mass is 274 g/mol. The first-order valence-corrected chi connectivity index (χ1v) is 7.97. The van der Waals surface area contributed by atoms with Crippen LogP contribution in [-0.4, -0.2) is 55.9 Å². The Kier molecular flexibility index (Phi) is 3.98. The van der Waals surface area contributed by atoms with E-state index in [1.54, 1.807) is 0 Å². The molecule has 0 bridgehead atoms. The minimum atomic E-state index is -3.13. The molecule has 102 valence electrons. The maximum absolute atomic E-state index is 11.1. The van der Waals surface area contributed by atoms with Crippen molar-refractivity contribution >= 4 is 9.84 Å². The van der Waals surface area contributed by atoms with Gasteiger partial charge in [-0.25, -0.2) is 8.42 Å². The van der Waals surface area contributed by atoms with Crippen molar-refractivity contribution < 1.29 is 12.9 Å². The highest BCUT2D eigenvalue weighted by atomic mass is 32.2. The molecule has 2 heterocycles. The summed E-state index contributed by atoms with van der Waals surface area (Å²) in [5, 5.41) is 7.13. The lowest BCUT2D eigenvalue weighted by molar-refractivity contribution is 0.176. The zero-order valence-corrected chi connectivity index (χ0v) is 11.4. The molecule has 1 fully saturated rings. The Labute approximate surface area is 106 Å². The summed E-state index contributed by atoms with van der Waals surface area (Å²) in [5.74, 6) is 0.513. The van der Waals surface area contributed by atoms with Crippen LogP contribution in [0, 0.1) is 0 Å². The van der Waals surface area contributed by atoms with Gasteiger partial charge in [0.25, 0.3) is 0 Å². The highest BCUT2D eigenvalue weighted by molar-refractivity contribution is 7.89. The molecule has 0 radical (unpaired) electrons. The maximum atomic E-state index is 11.1. The highest BCUT2D eigenvalue weighted by Crippen LogP contribution is 2.17. The fourth-order valence-electron chi connectivity index (χ4n) is 1.95. The highest BCUT2D eigenvalue weighted by Gasteiger charge is 2.23. The number of nitrogens with one attached hydrogen (secondary N) is 1. The lowest BCUT2D eigenvalue weighted by atomic mass is 10.2. The summed E-state index contributed by atoms with van der Waals surface area (Å²) in [6.45, 7) is 5.74. The molecule has 0 amide bonds. The molecule has 2 rings (SSSR count). The Balaban J connectivity index is 2.04. The van der Waals surface area contributed by atoms with E-state index in [0.29, 0.717) is 5.82 Å². The number of sulfone groups is 1. The first-order chi connectivity index (χ1) is 8.46. The zero-order chi connectivity index (χ0) is 13.2. The average molecular weight is 274 g/mol. The molecule has 0 aromatic carbocycles. The molecule has 0 aliphatic carbocycles. The lowest BCUT2D eigenvalue weighted by Crippen LogP contribution is -2.44. The van der Waals surface area contributed by atoms with Crippen molar-refractivity contribution in [3.05, 3.63) is 11.7 Å². The van der Waals surface area contributed by atoms with Gasteiger partial charge in [-0.2, -0.15) is 4.98 Å². The minimum absolute atomic E-state index is 0.0455. The molecule has 1 aromatic heterocycles. The van der Waals surface area contributed by atoms with E-state index >= 15 is 0 Å². The summed E-state index contributed by atoms with van der Waals surface area (Å²) in [5.41, 5.74) is 0. The van der Waals surface area contributed by atoms with Crippen molar-refractivity contribution in [1.82, 2.24) is 20.4 Å². The minimum Gasteiger partial charge on any atom is -0.338 e. The number of hydrogen-bond donors (Lipinski definition) is 1. The summed E-state index contributed by atoms with van der Waals surface area (Å²) in [6.07, 6.45) is 1.15. The second kappa shape index (κ2) is 5.33. The molecule has 7 nitrogen and oxygen atoms in total. The van der Waals surface area contributed by atoms with Gasteiger partial charge < -0.3 is 9.84 Å². The van der Waals surface area contributed by atoms with E-state index < -0.39 is 9.84 Å². The number of hydrogen-bond acceptors (Lipinski definition) is 7. The third-order valence-corrected chi connectivity index (χ3v) is 3.71. The molecule has 1 saturated heterocycles. The molecule has 1 unspecified atom stereocenters. The lowest BCUT2D eigenvalue weighted by Gasteiger charge is -2.30. The quantitative estimate of drug-likeness (QED) is 0.797. The molecule has 0 saturated carbocycles. The van der Waals surface area contributed by atoms with E-state index in [9.17, 15) is 8.42 Å². The Bertz CT molecular complexity index is 493. The topological polar surface area (TPSA) is 88.3 Å². The number of nitrogens with zero attached hydrogens (tertiary/aromatic N) is 3. The Morgan fingerprint density at radius 1 is 1.44 bits per heavy atom. The van der Waals surface area contributed by atoms with Crippen LogP contribution in [0.2, 0.25) is 0 Å². The predicted molar refractivity (Wildman–Crippen MR) is 65.7 cm³/mol. The predicted octanol–water partition coefficient (Wildman–Crippen LogP) is -0.420. The maximum Gasteiger partial charge on any atom is 0.241 e. The van der Waals surface area contributed by atoms with E-state index in [1.807, 2.05) is 6.92 Å². The normalized spacial score (nSPS) is 19.9. The molecule has 1 N–H and O–H groups in total. The van der Waals surface area contributed by atoms with Crippen molar-refractivity contribution in [3.63, 3.8) is 0 Å². The number of piperazine rings is 1. The smallest absolute Gasteiger partial charge is 0.241 e. The van der Waals surface area contributed by atoms with Crippen LogP contribution in [-0.2, 0) is 15.6 Å². The first kappa shape index (κ1) is 13.4. The van der Waals surface area contributed by atoms with Crippen molar-refractivity contribution in [2.75, 3.05) is 32.4 Å². The molecule has 8 heteroatoms. The Morgan fingerprint density at radius 2 is 2.11 bits per heavy atom. The Morgan fingerprint density at radius 3 is 2.72 bits per heavy atom. The summed E-state index contributed by atoms with van der Waals surface area (Å²) in [4.78, 5) is 6.39. The van der Waals surface area contributed by atoms with E-state index in [-0.39, 0.29) is 17.7 Å². The Hall–Kier alpha value is -0.990. The van der Waals surface area contributed by atoms with Gasteiger partial charge in [0.05, 0.1) is 6.04 Å². The molecule has 1 aromatic rings. The standard InChI is InChI=1S/C10H18N4O3S/c1-8(14-5-3-11-4-6-14)10-12-9(17-13-10)7-18(2,15)16/h8,11H,3-7H2,1-2H3. The van der Waals surface area contributed by atoms with E-state index in [1.165, 1.54) is 0 Å². The van der Waals surface area contributed by atoms with Gasteiger partial charge in [0.2, 0.25) is 5.89 Å². The zero-order valence-electron chi connectivity index (χ0n) is 10.6. The van der Waals surface area contributed by atoms with Gasteiger partial charge in [-0.3, -0.25) is 4.90 Å². The van der Waals surface area contributed by atoms with Crippen molar-refractivity contribution in [2.45, 2.75) is 18.7 Å². The van der Waals surface area contributed by atoms with Crippen LogP contribution < -0.4 is 5.32 Å². The van der Waals surface area contributed by atoms with Crippen molar-refractivity contribution in [1.29, 1.82) is 0 Å². The van der Waals surface area contributed by atoms with Crippen molar-refractivity contribution in [2.24, 2.45) is 0 Å². The van der Waals surface area contributed by atoms with Crippen LogP contribution >= 0.6 is 0 Å². The summed E-state index contributed by atoms with van der Waals surface area (Å²) in [7, 11) is -3.13. The van der Waals surface area contributed by atoms with Gasteiger partial charge in [-0.15, -0.1) is 0 Å². The molecular weight excluding hydrogens is 256 g/mol. The second-order valence-corrected chi connectivity index (χ2v) is 6.72. The summed E-state index contributed by atoms with van der Waals surface area (Å²) < 4.78 is 27.2. The van der Waals surface area contributed by atoms with Crippen LogP contribution in [0.5, 0.6) is 0 Å². The second-order valence-electron chi connectivity index (χ2n) is 4.58. The largest absolute Gasteiger partial charge is 0.338 e. The van der Waals surface area contributed by atoms with Gasteiger partial charge in [0, 0.05) is 32.4 Å². The molecule has 0 spiro atoms. The van der Waals surface area contributed by atoms with Crippen LogP contribution in [0.3, 0.4) is 0 Å². The molecule has 1 aliphatic rings. The summed E-state index contributed by atoms with van der Waals surface area (Å²) in [6, 6.07) is 0.0455. The fraction of sp³-hybridized carbons (Fsp3) is 0.800. The number of rotatable bonds is 4. The van der Waals surface area contributed by atoms with Crippen LogP contribution in [0.4, 0.5) is 0 Å². The van der Waals surface area contributed by atoms with Gasteiger partial charge in [-0.1, -0.05) is 5.16 Å². The third-order valence-electron chi connectivity index (χ3n) is 2.94. The van der Waals surface area contributed by atoms with E-state index in [4.69, 9.17) is 4.52 Å². The molecule has 18 heavy (non-hydrogen) atoms. The SMILES string of the molecule is CC(c1noc(CS(C)(=O)=O)n1)N1CCNCC1. The fourth-order valence-corrected chi connectivity index (χ4v) is 2.52. The average Bonchev–Trinajstić information content (AvgIpc) is 2.75. The molecule has 1 atom stereocenters. The van der Waals surface area contributed by atoms with Crippen LogP contribution in [0.1, 0.15) is 24.7 Å². The molecule has 1 aliphatic heterocycles. The van der Waals surface area contributed by atoms with Crippen LogP contribution in [0.15, 0.2) is 4.52 Å². The van der Waals surface area contributed by atoms with Gasteiger partial charge in [0.1, 0.15) is 5.75 Å². The molecular formula is C10H18N4O3S. The van der Waals surface area contributed by atoms with E-state index in [0.717, 1.165) is 32.4 Å².